The largest absolute Gasteiger partial charge is 0.496 e. The number of rotatable bonds is 1. The van der Waals surface area contributed by atoms with Crippen molar-refractivity contribution in [3.8, 4) is 11.1 Å². The van der Waals surface area contributed by atoms with Crippen LogP contribution in [0.1, 0.15) is 52.7 Å². The fourth-order valence-corrected chi connectivity index (χ4v) is 5.85. The summed E-state index contributed by atoms with van der Waals surface area (Å²) in [6, 6.07) is 10.3. The molecule has 6 heteroatoms. The Morgan fingerprint density at radius 1 is 0.941 bits per heavy atom. The van der Waals surface area contributed by atoms with Crippen LogP contribution in [0.3, 0.4) is 0 Å². The molecule has 1 saturated heterocycles. The van der Waals surface area contributed by atoms with Gasteiger partial charge in [0.05, 0.1) is 11.2 Å². The molecule has 6 rings (SSSR count). The first-order valence-electron chi connectivity index (χ1n) is 11.7. The van der Waals surface area contributed by atoms with Crippen LogP contribution in [-0.4, -0.2) is 34.1 Å². The standard InChI is InChI=1S/C28H28BNO4/c1-26(2)22-17(13-16-9-7-8-10-18(16)22)14-20-23(26)21-15-30(25(31)32)12-11-19(21)24(20)29-33-27(3,4)28(5,6)34-29/h7-15H,1-6H3,(H,31,32). The first-order chi connectivity index (χ1) is 15.9. The summed E-state index contributed by atoms with van der Waals surface area (Å²) < 4.78 is 14.2. The maximum atomic E-state index is 11.8. The summed E-state index contributed by atoms with van der Waals surface area (Å²) in [6.45, 7) is 12.7. The lowest BCUT2D eigenvalue weighted by molar-refractivity contribution is 0.00578. The van der Waals surface area contributed by atoms with Gasteiger partial charge in [0.2, 0.25) is 0 Å². The zero-order valence-electron chi connectivity index (χ0n) is 20.4. The second-order valence-electron chi connectivity index (χ2n) is 11.1. The lowest BCUT2D eigenvalue weighted by Gasteiger charge is -2.34. The van der Waals surface area contributed by atoms with Crippen LogP contribution in [0.2, 0.25) is 0 Å². The number of carbonyl (C=O) groups is 1. The number of hydrogen-bond acceptors (Lipinski definition) is 3. The number of aromatic nitrogens is 1. The highest BCUT2D eigenvalue weighted by Crippen LogP contribution is 2.50. The summed E-state index contributed by atoms with van der Waals surface area (Å²) in [7, 11) is -0.546. The molecular weight excluding hydrogens is 425 g/mol. The number of fused-ring (bicyclic) bond motifs is 5. The van der Waals surface area contributed by atoms with Gasteiger partial charge in [0.25, 0.3) is 0 Å². The van der Waals surface area contributed by atoms with Crippen molar-refractivity contribution in [3.05, 3.63) is 69.9 Å². The predicted octanol–water partition coefficient (Wildman–Crippen LogP) is 3.74. The van der Waals surface area contributed by atoms with E-state index in [0.29, 0.717) is 0 Å². The van der Waals surface area contributed by atoms with E-state index in [4.69, 9.17) is 9.31 Å². The van der Waals surface area contributed by atoms with Gasteiger partial charge >= 0.3 is 13.2 Å². The lowest BCUT2D eigenvalue weighted by Crippen LogP contribution is -2.41. The maximum Gasteiger partial charge on any atom is 0.496 e. The van der Waals surface area contributed by atoms with E-state index in [1.807, 2.05) is 6.07 Å². The van der Waals surface area contributed by atoms with Gasteiger partial charge in [-0.3, -0.25) is 4.57 Å². The minimum absolute atomic E-state index is 0.347. The second-order valence-corrected chi connectivity index (χ2v) is 11.1. The summed E-state index contributed by atoms with van der Waals surface area (Å²) in [4.78, 5) is 11.8. The lowest BCUT2D eigenvalue weighted by atomic mass is 9.67. The van der Waals surface area contributed by atoms with Gasteiger partial charge in [0.1, 0.15) is 0 Å². The average molecular weight is 453 g/mol. The Morgan fingerprint density at radius 2 is 1.62 bits per heavy atom. The van der Waals surface area contributed by atoms with Crippen molar-refractivity contribution in [1.82, 2.24) is 4.57 Å². The zero-order chi connectivity index (χ0) is 24.2. The second kappa shape index (κ2) is 6.52. The van der Waals surface area contributed by atoms with Crippen LogP contribution < -0.4 is 15.9 Å². The molecule has 5 aliphatic rings. The Balaban J connectivity index is 1.69. The molecule has 0 spiro atoms. The predicted molar refractivity (Wildman–Crippen MR) is 135 cm³/mol. The topological polar surface area (TPSA) is 60.7 Å². The molecule has 0 unspecified atom stereocenters. The summed E-state index contributed by atoms with van der Waals surface area (Å²) in [6.07, 6.45) is 6.81. The molecule has 3 aliphatic carbocycles. The molecule has 5 nitrogen and oxygen atoms in total. The van der Waals surface area contributed by atoms with Crippen molar-refractivity contribution < 1.29 is 19.2 Å². The number of hydrogen-bond donors (Lipinski definition) is 1. The van der Waals surface area contributed by atoms with Gasteiger partial charge in [-0.15, -0.1) is 0 Å². The SMILES string of the molecule is CC1(C)C2=c3ccccc3=CC2=Cc2c(B3OC(C)(C)C(C)(C)O3)c3ccn(C(=O)O)cc-3c21. The molecule has 0 radical (unpaired) electrons. The Hall–Kier alpha value is -3.09. The van der Waals surface area contributed by atoms with E-state index in [2.05, 4.69) is 78.0 Å². The van der Waals surface area contributed by atoms with Crippen molar-refractivity contribution in [1.29, 1.82) is 0 Å². The average Bonchev–Trinajstić information content (AvgIpc) is 3.34. The molecule has 0 amide bonds. The van der Waals surface area contributed by atoms with Crippen molar-refractivity contribution >= 4 is 36.4 Å². The molecule has 1 aromatic carbocycles. The van der Waals surface area contributed by atoms with Crippen molar-refractivity contribution in [3.63, 3.8) is 0 Å². The highest BCUT2D eigenvalue weighted by molar-refractivity contribution is 6.65. The number of allylic oxidation sites excluding steroid dienone is 1. The number of carboxylic acid groups (broad SMARTS) is 1. The van der Waals surface area contributed by atoms with Crippen LogP contribution in [0.15, 0.2) is 48.3 Å². The molecule has 1 N–H and O–H groups in total. The zero-order valence-corrected chi connectivity index (χ0v) is 20.4. The molecule has 0 aromatic heterocycles. The highest BCUT2D eigenvalue weighted by atomic mass is 16.7. The third-order valence-electron chi connectivity index (χ3n) is 8.17. The smallest absolute Gasteiger partial charge is 0.464 e. The Morgan fingerprint density at radius 3 is 2.29 bits per heavy atom. The molecule has 0 bridgehead atoms. The maximum absolute atomic E-state index is 11.8. The third-order valence-corrected chi connectivity index (χ3v) is 8.17. The molecule has 2 heterocycles. The normalized spacial score (nSPS) is 21.1. The molecule has 172 valence electrons. The van der Waals surface area contributed by atoms with Gasteiger partial charge in [-0.05, 0) is 89.7 Å². The van der Waals surface area contributed by atoms with Gasteiger partial charge in [0.15, 0.2) is 0 Å². The van der Waals surface area contributed by atoms with Crippen LogP contribution in [0.4, 0.5) is 4.79 Å². The van der Waals surface area contributed by atoms with Crippen molar-refractivity contribution in [2.24, 2.45) is 0 Å². The van der Waals surface area contributed by atoms with Crippen LogP contribution in [0.5, 0.6) is 0 Å². The molecule has 1 aromatic rings. The highest BCUT2D eigenvalue weighted by Gasteiger charge is 2.54. The summed E-state index contributed by atoms with van der Waals surface area (Å²) in [5.74, 6) is 0. The number of benzene rings is 1. The number of nitrogens with zero attached hydrogens (tertiary/aromatic N) is 1. The van der Waals surface area contributed by atoms with Crippen LogP contribution in [-0.2, 0) is 14.7 Å². The number of pyridine rings is 1. The molecule has 2 aliphatic heterocycles. The molecule has 0 saturated carbocycles. The third kappa shape index (κ3) is 2.67. The van der Waals surface area contributed by atoms with Crippen LogP contribution in [0, 0.1) is 0 Å². The van der Waals surface area contributed by atoms with E-state index in [9.17, 15) is 9.90 Å². The van der Waals surface area contributed by atoms with Gasteiger partial charge in [-0.1, -0.05) is 38.1 Å². The van der Waals surface area contributed by atoms with Gasteiger partial charge in [0, 0.05) is 23.4 Å². The van der Waals surface area contributed by atoms with E-state index < -0.39 is 24.4 Å². The van der Waals surface area contributed by atoms with Crippen LogP contribution >= 0.6 is 0 Å². The molecule has 0 atom stereocenters. The van der Waals surface area contributed by atoms with Crippen LogP contribution in [0.25, 0.3) is 28.9 Å². The fraction of sp³-hybridized carbons (Fsp3) is 0.321. The van der Waals surface area contributed by atoms with Gasteiger partial charge in [-0.25, -0.2) is 4.79 Å². The molecular formula is C28H28BNO4. The monoisotopic (exact) mass is 453 g/mol. The summed E-state index contributed by atoms with van der Waals surface area (Å²) >= 11 is 0. The van der Waals surface area contributed by atoms with Gasteiger partial charge in [-0.2, -0.15) is 0 Å². The Labute approximate surface area is 199 Å². The fourth-order valence-electron chi connectivity index (χ4n) is 5.85. The van der Waals surface area contributed by atoms with Gasteiger partial charge < -0.3 is 14.4 Å². The quantitative estimate of drug-likeness (QED) is 0.571. The molecule has 34 heavy (non-hydrogen) atoms. The van der Waals surface area contributed by atoms with E-state index in [-0.39, 0.29) is 5.41 Å². The Kier molecular flexibility index (Phi) is 4.12. The molecule has 1 fully saturated rings. The first kappa shape index (κ1) is 21.4. The summed E-state index contributed by atoms with van der Waals surface area (Å²) in [5, 5.41) is 12.2. The summed E-state index contributed by atoms with van der Waals surface area (Å²) in [5.41, 5.74) is 6.22. The van der Waals surface area contributed by atoms with Crippen molar-refractivity contribution in [2.45, 2.75) is 58.2 Å². The van der Waals surface area contributed by atoms with E-state index in [1.54, 1.807) is 12.4 Å². The Bertz CT molecular complexity index is 1510. The van der Waals surface area contributed by atoms with E-state index in [1.165, 1.54) is 26.2 Å². The van der Waals surface area contributed by atoms with Crippen molar-refractivity contribution in [2.75, 3.05) is 0 Å². The van der Waals surface area contributed by atoms with E-state index in [0.717, 1.165) is 27.7 Å². The minimum Gasteiger partial charge on any atom is -0.464 e. The minimum atomic E-state index is -1.01. The first-order valence-corrected chi connectivity index (χ1v) is 11.7. The van der Waals surface area contributed by atoms with E-state index >= 15 is 0 Å².